The lowest BCUT2D eigenvalue weighted by Crippen LogP contribution is -2.58. The van der Waals surface area contributed by atoms with Gasteiger partial charge in [0.25, 0.3) is 0 Å². The van der Waals surface area contributed by atoms with Crippen LogP contribution < -0.4 is 38.1 Å². The van der Waals surface area contributed by atoms with Crippen molar-refractivity contribution in [3.63, 3.8) is 0 Å². The molecule has 0 radical (unpaired) electrons. The molecule has 0 unspecified atom stereocenters. The molecule has 0 fully saturated rings. The van der Waals surface area contributed by atoms with E-state index in [0.29, 0.717) is 30.8 Å². The topological polar surface area (TPSA) is 215 Å². The Labute approximate surface area is 274 Å². The van der Waals surface area contributed by atoms with Gasteiger partial charge in [0, 0.05) is 6.42 Å². The molecule has 6 amide bonds. The summed E-state index contributed by atoms with van der Waals surface area (Å²) in [4.78, 5) is 76.6. The molecule has 0 aliphatic rings. The number of hydrogen-bond donors (Lipinski definition) is 7. The predicted octanol–water partition coefficient (Wildman–Crippen LogP) is -0.331. The number of amides is 6. The molecule has 1 aromatic carbocycles. The van der Waals surface area contributed by atoms with Crippen LogP contribution in [0.25, 0.3) is 0 Å². The molecule has 15 heteroatoms. The van der Waals surface area contributed by atoms with Crippen molar-refractivity contribution in [2.75, 3.05) is 30.6 Å². The molecule has 0 aliphatic carbocycles. The minimum Gasteiger partial charge on any atom is -0.368 e. The Hall–Kier alpha value is -3.30. The van der Waals surface area contributed by atoms with Gasteiger partial charge in [-0.1, -0.05) is 50.6 Å². The second kappa shape index (κ2) is 21.4. The summed E-state index contributed by atoms with van der Waals surface area (Å²) in [5.41, 5.74) is 12.0. The van der Waals surface area contributed by atoms with Gasteiger partial charge in [-0.3, -0.25) is 28.8 Å². The zero-order valence-electron chi connectivity index (χ0n) is 26.7. The number of nitrogens with one attached hydrogen (secondary N) is 5. The van der Waals surface area contributed by atoms with Gasteiger partial charge in [0.2, 0.25) is 35.4 Å². The highest BCUT2D eigenvalue weighted by Gasteiger charge is 2.31. The van der Waals surface area contributed by atoms with Crippen LogP contribution in [0.15, 0.2) is 30.3 Å². The van der Waals surface area contributed by atoms with Crippen LogP contribution >= 0.6 is 23.5 Å². The second-order valence-electron chi connectivity index (χ2n) is 10.8. The van der Waals surface area contributed by atoms with Crippen molar-refractivity contribution in [3.05, 3.63) is 35.9 Å². The van der Waals surface area contributed by atoms with Crippen molar-refractivity contribution in [2.24, 2.45) is 17.4 Å². The summed E-state index contributed by atoms with van der Waals surface area (Å²) in [5.74, 6) is -2.66. The lowest BCUT2D eigenvalue weighted by atomic mass is 9.97. The number of thioether (sulfide) groups is 2. The Kier molecular flexibility index (Phi) is 18.9. The molecule has 0 spiro atoms. The van der Waals surface area contributed by atoms with Crippen molar-refractivity contribution in [1.29, 1.82) is 0 Å². The smallest absolute Gasteiger partial charge is 0.243 e. The van der Waals surface area contributed by atoms with E-state index >= 15 is 0 Å². The standard InChI is InChI=1S/C30H49N7O6S2/c1-6-18(2)25(37-29(42)23(36-27(40)19(3)31)16-20-10-8-7-9-11-20)30(43)33-17-24(38)34-22(13-15-45-5)28(41)35-21(26(32)39)12-14-44-4/h7-11,18-19,21-23,25H,6,12-17,31H2,1-5H3,(H2,32,39)(H,33,43)(H,34,38)(H,35,41)(H,36,40)(H,37,42)/t18-,19-,21-,22-,23-,25-/m0/s1. The number of nitrogens with two attached hydrogens (primary N) is 2. The van der Waals surface area contributed by atoms with Gasteiger partial charge in [-0.05, 0) is 55.3 Å². The molecule has 0 saturated heterocycles. The van der Waals surface area contributed by atoms with Crippen molar-refractivity contribution in [2.45, 2.75) is 76.7 Å². The van der Waals surface area contributed by atoms with Crippen molar-refractivity contribution in [1.82, 2.24) is 26.6 Å². The zero-order valence-corrected chi connectivity index (χ0v) is 28.4. The first-order valence-corrected chi connectivity index (χ1v) is 17.7. The average molecular weight is 668 g/mol. The van der Waals surface area contributed by atoms with Crippen LogP contribution in [-0.2, 0) is 35.2 Å². The number of benzene rings is 1. The molecule has 13 nitrogen and oxygen atoms in total. The Morgan fingerprint density at radius 3 is 1.84 bits per heavy atom. The minimum absolute atomic E-state index is 0.176. The third-order valence-electron chi connectivity index (χ3n) is 7.08. The summed E-state index contributed by atoms with van der Waals surface area (Å²) in [5, 5.41) is 13.2. The first-order chi connectivity index (χ1) is 21.3. The van der Waals surface area contributed by atoms with E-state index in [1.54, 1.807) is 6.92 Å². The fraction of sp³-hybridized carbons (Fsp3) is 0.600. The Morgan fingerprint density at radius 2 is 1.31 bits per heavy atom. The second-order valence-corrected chi connectivity index (χ2v) is 12.7. The van der Waals surface area contributed by atoms with Crippen LogP contribution in [0.3, 0.4) is 0 Å². The normalized spacial score (nSPS) is 14.9. The molecule has 6 atom stereocenters. The van der Waals surface area contributed by atoms with Crippen molar-refractivity contribution < 1.29 is 28.8 Å². The molecule has 9 N–H and O–H groups in total. The van der Waals surface area contributed by atoms with Gasteiger partial charge < -0.3 is 38.1 Å². The molecular weight excluding hydrogens is 619 g/mol. The van der Waals surface area contributed by atoms with Gasteiger partial charge in [-0.15, -0.1) is 0 Å². The Bertz CT molecular complexity index is 1130. The van der Waals surface area contributed by atoms with Gasteiger partial charge in [0.05, 0.1) is 12.6 Å². The summed E-state index contributed by atoms with van der Waals surface area (Å²) in [7, 11) is 0. The minimum atomic E-state index is -1.01. The van der Waals surface area contributed by atoms with E-state index in [2.05, 4.69) is 26.6 Å². The van der Waals surface area contributed by atoms with Gasteiger partial charge in [-0.2, -0.15) is 23.5 Å². The van der Waals surface area contributed by atoms with Gasteiger partial charge in [0.1, 0.15) is 24.2 Å². The highest BCUT2D eigenvalue weighted by molar-refractivity contribution is 7.98. The maximum absolute atomic E-state index is 13.4. The first kappa shape index (κ1) is 39.7. The summed E-state index contributed by atoms with van der Waals surface area (Å²) in [6.45, 7) is 4.69. The van der Waals surface area contributed by atoms with Gasteiger partial charge in [-0.25, -0.2) is 0 Å². The van der Waals surface area contributed by atoms with E-state index in [1.807, 2.05) is 49.8 Å². The van der Waals surface area contributed by atoms with Crippen LogP contribution in [0.5, 0.6) is 0 Å². The lowest BCUT2D eigenvalue weighted by molar-refractivity contribution is -0.134. The van der Waals surface area contributed by atoms with E-state index < -0.39 is 72.2 Å². The molecule has 0 aliphatic heterocycles. The molecule has 0 saturated carbocycles. The predicted molar refractivity (Wildman–Crippen MR) is 179 cm³/mol. The third-order valence-corrected chi connectivity index (χ3v) is 8.37. The number of carbonyl (C=O) groups excluding carboxylic acids is 6. The van der Waals surface area contributed by atoms with Crippen LogP contribution in [0.2, 0.25) is 0 Å². The first-order valence-electron chi connectivity index (χ1n) is 14.9. The molecule has 0 bridgehead atoms. The number of carbonyl (C=O) groups is 6. The number of rotatable bonds is 21. The molecule has 45 heavy (non-hydrogen) atoms. The van der Waals surface area contributed by atoms with Crippen LogP contribution in [-0.4, -0.2) is 96.2 Å². The highest BCUT2D eigenvalue weighted by Crippen LogP contribution is 2.11. The lowest BCUT2D eigenvalue weighted by Gasteiger charge is -2.27. The maximum atomic E-state index is 13.4. The van der Waals surface area contributed by atoms with E-state index in [-0.39, 0.29) is 12.3 Å². The quantitative estimate of drug-likeness (QED) is 0.0913. The van der Waals surface area contributed by atoms with Crippen LogP contribution in [0.4, 0.5) is 0 Å². The number of hydrogen-bond acceptors (Lipinski definition) is 9. The highest BCUT2D eigenvalue weighted by atomic mass is 32.2. The molecule has 1 aromatic rings. The fourth-order valence-electron chi connectivity index (χ4n) is 4.14. The summed E-state index contributed by atoms with van der Waals surface area (Å²) in [6, 6.07) is 4.43. The molecule has 0 heterocycles. The summed E-state index contributed by atoms with van der Waals surface area (Å²) >= 11 is 2.99. The average Bonchev–Trinajstić information content (AvgIpc) is 3.01. The largest absolute Gasteiger partial charge is 0.368 e. The summed E-state index contributed by atoms with van der Waals surface area (Å²) < 4.78 is 0. The third kappa shape index (κ3) is 15.0. The van der Waals surface area contributed by atoms with Crippen LogP contribution in [0.1, 0.15) is 45.6 Å². The van der Waals surface area contributed by atoms with Crippen molar-refractivity contribution in [3.8, 4) is 0 Å². The van der Waals surface area contributed by atoms with Crippen molar-refractivity contribution >= 4 is 59.0 Å². The zero-order chi connectivity index (χ0) is 33.9. The number of primary amides is 1. The monoisotopic (exact) mass is 667 g/mol. The Morgan fingerprint density at radius 1 is 0.756 bits per heavy atom. The van der Waals surface area contributed by atoms with E-state index in [4.69, 9.17) is 11.5 Å². The van der Waals surface area contributed by atoms with E-state index in [1.165, 1.54) is 30.4 Å². The Balaban J connectivity index is 2.96. The fourth-order valence-corrected chi connectivity index (χ4v) is 5.08. The molecule has 0 aromatic heterocycles. The van der Waals surface area contributed by atoms with Gasteiger partial charge >= 0.3 is 0 Å². The van der Waals surface area contributed by atoms with Crippen LogP contribution in [0, 0.1) is 5.92 Å². The molecule has 252 valence electrons. The van der Waals surface area contributed by atoms with E-state index in [9.17, 15) is 28.8 Å². The van der Waals surface area contributed by atoms with E-state index in [0.717, 1.165) is 5.56 Å². The van der Waals surface area contributed by atoms with Gasteiger partial charge in [0.15, 0.2) is 0 Å². The maximum Gasteiger partial charge on any atom is 0.243 e. The SMILES string of the molecule is CC[C@H](C)[C@H](NC(=O)[C@H](Cc1ccccc1)NC(=O)[C@H](C)N)C(=O)NCC(=O)N[C@@H](CCSC)C(=O)N[C@@H](CCSC)C(N)=O. The summed E-state index contributed by atoms with van der Waals surface area (Å²) in [6.07, 6.45) is 5.09. The molecular formula is C30H49N7O6S2. The molecule has 1 rings (SSSR count).